The van der Waals surface area contributed by atoms with Crippen molar-refractivity contribution < 1.29 is 9.57 Å². The number of benzene rings is 2. The second kappa shape index (κ2) is 6.81. The first-order chi connectivity index (χ1) is 9.29. The molecule has 0 aromatic heterocycles. The summed E-state index contributed by atoms with van der Waals surface area (Å²) in [4.78, 5) is 5.22. The Labute approximate surface area is 117 Å². The predicted octanol–water partition coefficient (Wildman–Crippen LogP) is 3.90. The van der Waals surface area contributed by atoms with Crippen molar-refractivity contribution in [2.45, 2.75) is 6.61 Å². The van der Waals surface area contributed by atoms with E-state index < -0.39 is 0 Å². The summed E-state index contributed by atoms with van der Waals surface area (Å²) in [6.45, 7) is 0.347. The van der Waals surface area contributed by atoms with Crippen LogP contribution in [0.1, 0.15) is 11.1 Å². The molecule has 0 fully saturated rings. The molecule has 0 spiro atoms. The van der Waals surface area contributed by atoms with Crippen LogP contribution in [0.3, 0.4) is 0 Å². The zero-order chi connectivity index (χ0) is 13.5. The highest BCUT2D eigenvalue weighted by Crippen LogP contribution is 2.16. The molecule has 0 amide bonds. The lowest BCUT2D eigenvalue weighted by molar-refractivity contribution is 0.132. The number of methoxy groups -OCH3 is 1. The third-order valence-electron chi connectivity index (χ3n) is 2.55. The van der Waals surface area contributed by atoms with Crippen molar-refractivity contribution in [2.75, 3.05) is 7.11 Å². The highest BCUT2D eigenvalue weighted by atomic mass is 35.5. The van der Waals surface area contributed by atoms with Gasteiger partial charge in [0.1, 0.15) is 12.4 Å². The maximum absolute atomic E-state index is 6.01. The van der Waals surface area contributed by atoms with Gasteiger partial charge in [-0.1, -0.05) is 47.1 Å². The molecule has 2 aromatic carbocycles. The summed E-state index contributed by atoms with van der Waals surface area (Å²) in [5.74, 6) is 0.787. The van der Waals surface area contributed by atoms with Crippen molar-refractivity contribution in [3.63, 3.8) is 0 Å². The van der Waals surface area contributed by atoms with Gasteiger partial charge in [0.05, 0.1) is 13.3 Å². The summed E-state index contributed by atoms with van der Waals surface area (Å²) in [5.41, 5.74) is 1.82. The van der Waals surface area contributed by atoms with E-state index in [1.165, 1.54) is 0 Å². The van der Waals surface area contributed by atoms with Gasteiger partial charge in [0.25, 0.3) is 0 Å². The van der Waals surface area contributed by atoms with Gasteiger partial charge in [-0.05, 0) is 23.8 Å². The highest BCUT2D eigenvalue weighted by Gasteiger charge is 1.98. The maximum Gasteiger partial charge on any atom is 0.143 e. The monoisotopic (exact) mass is 275 g/mol. The molecule has 0 aliphatic carbocycles. The molecule has 0 heterocycles. The average Bonchev–Trinajstić information content (AvgIpc) is 2.45. The Balaban J connectivity index is 1.91. The van der Waals surface area contributed by atoms with Gasteiger partial charge in [0, 0.05) is 10.6 Å². The van der Waals surface area contributed by atoms with Gasteiger partial charge >= 0.3 is 0 Å². The van der Waals surface area contributed by atoms with Crippen molar-refractivity contribution in [1.29, 1.82) is 0 Å². The third kappa shape index (κ3) is 4.00. The first kappa shape index (κ1) is 13.4. The van der Waals surface area contributed by atoms with E-state index >= 15 is 0 Å². The Bertz CT molecular complexity index is 570. The quantitative estimate of drug-likeness (QED) is 0.612. The Kier molecular flexibility index (Phi) is 4.81. The summed E-state index contributed by atoms with van der Waals surface area (Å²) in [6, 6.07) is 15.1. The van der Waals surface area contributed by atoms with Crippen molar-refractivity contribution in [1.82, 2.24) is 0 Å². The minimum absolute atomic E-state index is 0.347. The lowest BCUT2D eigenvalue weighted by Gasteiger charge is -2.02. The summed E-state index contributed by atoms with van der Waals surface area (Å²) in [7, 11) is 1.63. The Morgan fingerprint density at radius 2 is 2.00 bits per heavy atom. The molecule has 0 saturated carbocycles. The second-order valence-corrected chi connectivity index (χ2v) is 4.28. The number of ether oxygens (including phenoxy) is 1. The van der Waals surface area contributed by atoms with Gasteiger partial charge in [-0.2, -0.15) is 0 Å². The molecular weight excluding hydrogens is 262 g/mol. The Morgan fingerprint density at radius 3 is 2.79 bits per heavy atom. The standard InChI is InChI=1S/C15H14ClNO2/c1-18-14-7-4-5-12(9-14)10-17-19-11-13-6-2-3-8-15(13)16/h2-10H,11H2,1H3. The fourth-order valence-corrected chi connectivity index (χ4v) is 1.73. The normalized spacial score (nSPS) is 10.6. The van der Waals surface area contributed by atoms with Crippen LogP contribution in [-0.4, -0.2) is 13.3 Å². The van der Waals surface area contributed by atoms with Crippen LogP contribution in [0.25, 0.3) is 0 Å². The summed E-state index contributed by atoms with van der Waals surface area (Å²) in [5, 5.41) is 4.59. The zero-order valence-electron chi connectivity index (χ0n) is 10.5. The zero-order valence-corrected chi connectivity index (χ0v) is 11.3. The van der Waals surface area contributed by atoms with Gasteiger partial charge < -0.3 is 9.57 Å². The maximum atomic E-state index is 6.01. The molecule has 19 heavy (non-hydrogen) atoms. The van der Waals surface area contributed by atoms with E-state index in [2.05, 4.69) is 5.16 Å². The smallest absolute Gasteiger partial charge is 0.143 e. The van der Waals surface area contributed by atoms with Crippen LogP contribution in [0, 0.1) is 0 Å². The van der Waals surface area contributed by atoms with Gasteiger partial charge in [-0.25, -0.2) is 0 Å². The molecule has 0 radical (unpaired) electrons. The molecule has 0 aliphatic rings. The predicted molar refractivity (Wildman–Crippen MR) is 76.8 cm³/mol. The minimum Gasteiger partial charge on any atom is -0.497 e. The number of oxime groups is 1. The number of hydrogen-bond donors (Lipinski definition) is 0. The van der Waals surface area contributed by atoms with Gasteiger partial charge in [0.15, 0.2) is 0 Å². The largest absolute Gasteiger partial charge is 0.497 e. The van der Waals surface area contributed by atoms with Crippen LogP contribution < -0.4 is 4.74 Å². The van der Waals surface area contributed by atoms with E-state index in [-0.39, 0.29) is 0 Å². The minimum atomic E-state index is 0.347. The molecular formula is C15H14ClNO2. The summed E-state index contributed by atoms with van der Waals surface area (Å²) in [6.07, 6.45) is 1.64. The van der Waals surface area contributed by atoms with E-state index in [1.807, 2.05) is 48.5 Å². The van der Waals surface area contributed by atoms with E-state index in [0.717, 1.165) is 16.9 Å². The Hall–Kier alpha value is -2.00. The van der Waals surface area contributed by atoms with Crippen molar-refractivity contribution in [3.8, 4) is 5.75 Å². The first-order valence-electron chi connectivity index (χ1n) is 5.82. The molecule has 0 aliphatic heterocycles. The van der Waals surface area contributed by atoms with Crippen LogP contribution in [0.15, 0.2) is 53.7 Å². The van der Waals surface area contributed by atoms with Crippen molar-refractivity contribution in [2.24, 2.45) is 5.16 Å². The van der Waals surface area contributed by atoms with Crippen molar-refractivity contribution >= 4 is 17.8 Å². The number of nitrogens with zero attached hydrogens (tertiary/aromatic N) is 1. The number of hydrogen-bond acceptors (Lipinski definition) is 3. The van der Waals surface area contributed by atoms with Crippen LogP contribution in [0.5, 0.6) is 5.75 Å². The molecule has 0 unspecified atom stereocenters. The van der Waals surface area contributed by atoms with Crippen LogP contribution in [0.4, 0.5) is 0 Å². The lowest BCUT2D eigenvalue weighted by Crippen LogP contribution is -1.90. The topological polar surface area (TPSA) is 30.8 Å². The molecule has 2 aromatic rings. The average molecular weight is 276 g/mol. The van der Waals surface area contributed by atoms with E-state index in [1.54, 1.807) is 13.3 Å². The van der Waals surface area contributed by atoms with E-state index in [4.69, 9.17) is 21.2 Å². The summed E-state index contributed by atoms with van der Waals surface area (Å²) < 4.78 is 5.13. The van der Waals surface area contributed by atoms with E-state index in [9.17, 15) is 0 Å². The van der Waals surface area contributed by atoms with Crippen LogP contribution in [-0.2, 0) is 11.4 Å². The van der Waals surface area contributed by atoms with Crippen molar-refractivity contribution in [3.05, 3.63) is 64.7 Å². The molecule has 0 bridgehead atoms. The highest BCUT2D eigenvalue weighted by molar-refractivity contribution is 6.31. The molecule has 0 N–H and O–H groups in total. The molecule has 0 atom stereocenters. The molecule has 2 rings (SSSR count). The van der Waals surface area contributed by atoms with E-state index in [0.29, 0.717) is 11.6 Å². The number of rotatable bonds is 5. The van der Waals surface area contributed by atoms with Gasteiger partial charge in [-0.15, -0.1) is 0 Å². The Morgan fingerprint density at radius 1 is 1.16 bits per heavy atom. The molecule has 4 heteroatoms. The lowest BCUT2D eigenvalue weighted by atomic mass is 10.2. The second-order valence-electron chi connectivity index (χ2n) is 3.88. The molecule has 0 saturated heterocycles. The first-order valence-corrected chi connectivity index (χ1v) is 6.20. The SMILES string of the molecule is COc1cccc(C=NOCc2ccccc2Cl)c1. The van der Waals surface area contributed by atoms with Crippen LogP contribution in [0.2, 0.25) is 5.02 Å². The fraction of sp³-hybridized carbons (Fsp3) is 0.133. The van der Waals surface area contributed by atoms with Gasteiger partial charge in [-0.3, -0.25) is 0 Å². The molecule has 3 nitrogen and oxygen atoms in total. The summed E-state index contributed by atoms with van der Waals surface area (Å²) >= 11 is 6.01. The fourth-order valence-electron chi connectivity index (χ4n) is 1.54. The third-order valence-corrected chi connectivity index (χ3v) is 2.92. The molecule has 98 valence electrons. The van der Waals surface area contributed by atoms with Gasteiger partial charge in [0.2, 0.25) is 0 Å². The number of halogens is 1. The van der Waals surface area contributed by atoms with Crippen LogP contribution >= 0.6 is 11.6 Å².